The second-order valence-corrected chi connectivity index (χ2v) is 5.85. The number of carbonyl (C=O) groups is 1. The molecule has 1 saturated heterocycles. The highest BCUT2D eigenvalue weighted by Crippen LogP contribution is 2.19. The molecular formula is C16H21F4N3O. The molecule has 24 heavy (non-hydrogen) atoms. The average molecular weight is 347 g/mol. The van der Waals surface area contributed by atoms with E-state index in [0.29, 0.717) is 32.6 Å². The van der Waals surface area contributed by atoms with Crippen LogP contribution in [-0.2, 0) is 0 Å². The van der Waals surface area contributed by atoms with Crippen LogP contribution in [-0.4, -0.2) is 55.0 Å². The van der Waals surface area contributed by atoms with E-state index in [1.54, 1.807) is 11.8 Å². The highest BCUT2D eigenvalue weighted by molar-refractivity contribution is 5.74. The third kappa shape index (κ3) is 4.83. The number of hydrogen-bond acceptors (Lipinski definition) is 2. The van der Waals surface area contributed by atoms with Crippen molar-refractivity contribution < 1.29 is 22.4 Å². The molecule has 4 nitrogen and oxygen atoms in total. The van der Waals surface area contributed by atoms with Gasteiger partial charge in [0.05, 0.1) is 12.6 Å². The van der Waals surface area contributed by atoms with Crippen molar-refractivity contribution in [2.45, 2.75) is 25.8 Å². The van der Waals surface area contributed by atoms with E-state index < -0.39 is 30.1 Å². The summed E-state index contributed by atoms with van der Waals surface area (Å²) in [4.78, 5) is 15.4. The summed E-state index contributed by atoms with van der Waals surface area (Å²) in [5.74, 6) is -1.95. The molecule has 0 aromatic heterocycles. The van der Waals surface area contributed by atoms with Crippen molar-refractivity contribution in [1.29, 1.82) is 0 Å². The molecule has 1 aromatic rings. The standard InChI is InChI=1S/C16H21F4N3O/c1-11(12-4-2-5-13(17)15(12)20)21-16(24)23-7-3-6-22(8-9-23)10-14(18)19/h2,4-5,11,14H,3,6-10H2,1H3,(H,21,24). The van der Waals surface area contributed by atoms with Crippen molar-refractivity contribution in [1.82, 2.24) is 15.1 Å². The summed E-state index contributed by atoms with van der Waals surface area (Å²) in [5.41, 5.74) is 0.0671. The lowest BCUT2D eigenvalue weighted by Gasteiger charge is -2.24. The lowest BCUT2D eigenvalue weighted by atomic mass is 10.1. The third-order valence-electron chi connectivity index (χ3n) is 4.06. The molecule has 1 atom stereocenters. The van der Waals surface area contributed by atoms with Gasteiger partial charge < -0.3 is 10.2 Å². The quantitative estimate of drug-likeness (QED) is 0.850. The first kappa shape index (κ1) is 18.5. The van der Waals surface area contributed by atoms with E-state index in [2.05, 4.69) is 5.32 Å². The van der Waals surface area contributed by atoms with Crippen molar-refractivity contribution in [2.24, 2.45) is 0 Å². The zero-order valence-electron chi connectivity index (χ0n) is 13.4. The second-order valence-electron chi connectivity index (χ2n) is 5.85. The zero-order valence-corrected chi connectivity index (χ0v) is 13.4. The highest BCUT2D eigenvalue weighted by Gasteiger charge is 2.23. The Morgan fingerprint density at radius 2 is 1.96 bits per heavy atom. The Kier molecular flexibility index (Phi) is 6.42. The van der Waals surface area contributed by atoms with Crippen LogP contribution in [0.2, 0.25) is 0 Å². The molecule has 1 unspecified atom stereocenters. The first-order chi connectivity index (χ1) is 11.4. The lowest BCUT2D eigenvalue weighted by Crippen LogP contribution is -2.43. The Labute approximate surface area is 138 Å². The number of nitrogens with zero attached hydrogens (tertiary/aromatic N) is 2. The monoisotopic (exact) mass is 347 g/mol. The molecule has 0 radical (unpaired) electrons. The molecule has 0 aliphatic carbocycles. The van der Waals surface area contributed by atoms with Crippen LogP contribution >= 0.6 is 0 Å². The second kappa shape index (κ2) is 8.32. The molecule has 1 aromatic carbocycles. The maximum absolute atomic E-state index is 13.8. The van der Waals surface area contributed by atoms with Crippen LogP contribution in [0.3, 0.4) is 0 Å². The van der Waals surface area contributed by atoms with Gasteiger partial charge in [-0.05, 0) is 19.4 Å². The van der Waals surface area contributed by atoms with Crippen LogP contribution in [0, 0.1) is 11.6 Å². The molecule has 8 heteroatoms. The Bertz CT molecular complexity index is 570. The van der Waals surface area contributed by atoms with Crippen LogP contribution < -0.4 is 5.32 Å². The number of halogens is 4. The number of amides is 2. The number of rotatable bonds is 4. The van der Waals surface area contributed by atoms with E-state index in [9.17, 15) is 22.4 Å². The van der Waals surface area contributed by atoms with Gasteiger partial charge in [-0.15, -0.1) is 0 Å². The first-order valence-electron chi connectivity index (χ1n) is 7.88. The molecule has 1 aliphatic heterocycles. The van der Waals surface area contributed by atoms with Gasteiger partial charge in [0.1, 0.15) is 0 Å². The molecule has 1 heterocycles. The third-order valence-corrected chi connectivity index (χ3v) is 4.06. The average Bonchev–Trinajstić information content (AvgIpc) is 2.75. The Morgan fingerprint density at radius 1 is 1.21 bits per heavy atom. The maximum Gasteiger partial charge on any atom is 0.317 e. The minimum Gasteiger partial charge on any atom is -0.331 e. The molecule has 0 spiro atoms. The fourth-order valence-electron chi connectivity index (χ4n) is 2.76. The van der Waals surface area contributed by atoms with E-state index in [0.717, 1.165) is 6.07 Å². The molecule has 2 amide bonds. The number of alkyl halides is 2. The predicted molar refractivity (Wildman–Crippen MR) is 81.9 cm³/mol. The normalized spacial score (nSPS) is 17.7. The van der Waals surface area contributed by atoms with Gasteiger partial charge in [-0.25, -0.2) is 22.4 Å². The van der Waals surface area contributed by atoms with Crippen LogP contribution in [0.25, 0.3) is 0 Å². The summed E-state index contributed by atoms with van der Waals surface area (Å²) in [6.07, 6.45) is -1.82. The van der Waals surface area contributed by atoms with Gasteiger partial charge in [0.25, 0.3) is 6.43 Å². The zero-order chi connectivity index (χ0) is 17.7. The fraction of sp³-hybridized carbons (Fsp3) is 0.562. The molecular weight excluding hydrogens is 326 g/mol. The predicted octanol–water partition coefficient (Wildman–Crippen LogP) is 3.01. The number of urea groups is 1. The van der Waals surface area contributed by atoms with Crippen molar-refractivity contribution >= 4 is 6.03 Å². The van der Waals surface area contributed by atoms with Gasteiger partial charge in [0.15, 0.2) is 11.6 Å². The smallest absolute Gasteiger partial charge is 0.317 e. The minimum atomic E-state index is -2.40. The van der Waals surface area contributed by atoms with Gasteiger partial charge >= 0.3 is 6.03 Å². The van der Waals surface area contributed by atoms with Crippen molar-refractivity contribution in [3.63, 3.8) is 0 Å². The number of benzene rings is 1. The molecule has 1 N–H and O–H groups in total. The summed E-state index contributed by atoms with van der Waals surface area (Å²) in [7, 11) is 0. The van der Waals surface area contributed by atoms with E-state index in [1.807, 2.05) is 0 Å². The van der Waals surface area contributed by atoms with Crippen LogP contribution in [0.15, 0.2) is 18.2 Å². The SMILES string of the molecule is CC(NC(=O)N1CCCN(CC(F)F)CC1)c1cccc(F)c1F. The topological polar surface area (TPSA) is 35.6 Å². The van der Waals surface area contributed by atoms with Gasteiger partial charge in [0, 0.05) is 31.7 Å². The summed E-state index contributed by atoms with van der Waals surface area (Å²) in [6, 6.07) is 2.69. The Balaban J connectivity index is 1.93. The highest BCUT2D eigenvalue weighted by atomic mass is 19.3. The minimum absolute atomic E-state index is 0.0671. The van der Waals surface area contributed by atoms with Crippen molar-refractivity contribution in [3.05, 3.63) is 35.4 Å². The molecule has 1 aliphatic rings. The number of nitrogens with one attached hydrogen (secondary N) is 1. The molecule has 134 valence electrons. The van der Waals surface area contributed by atoms with E-state index in [4.69, 9.17) is 0 Å². The molecule has 0 bridgehead atoms. The van der Waals surface area contributed by atoms with E-state index in [1.165, 1.54) is 17.0 Å². The van der Waals surface area contributed by atoms with Gasteiger partial charge in [-0.3, -0.25) is 4.90 Å². The first-order valence-corrected chi connectivity index (χ1v) is 7.88. The maximum atomic E-state index is 13.8. The molecule has 0 saturated carbocycles. The number of hydrogen-bond donors (Lipinski definition) is 1. The van der Waals surface area contributed by atoms with Gasteiger partial charge in [-0.2, -0.15) is 0 Å². The Hall–Kier alpha value is -1.83. The van der Waals surface area contributed by atoms with E-state index in [-0.39, 0.29) is 12.1 Å². The van der Waals surface area contributed by atoms with Crippen molar-refractivity contribution in [2.75, 3.05) is 32.7 Å². The Morgan fingerprint density at radius 3 is 2.67 bits per heavy atom. The fourth-order valence-corrected chi connectivity index (χ4v) is 2.76. The molecule has 1 fully saturated rings. The number of carbonyl (C=O) groups excluding carboxylic acids is 1. The van der Waals surface area contributed by atoms with Crippen LogP contribution in [0.1, 0.15) is 24.9 Å². The summed E-state index contributed by atoms with van der Waals surface area (Å²) in [6.45, 7) is 2.88. The molecule has 2 rings (SSSR count). The lowest BCUT2D eigenvalue weighted by molar-refractivity contribution is 0.0903. The summed E-state index contributed by atoms with van der Waals surface area (Å²) >= 11 is 0. The van der Waals surface area contributed by atoms with E-state index >= 15 is 0 Å². The van der Waals surface area contributed by atoms with Gasteiger partial charge in [-0.1, -0.05) is 12.1 Å². The summed E-state index contributed by atoms with van der Waals surface area (Å²) in [5, 5.41) is 2.63. The van der Waals surface area contributed by atoms with Crippen LogP contribution in [0.5, 0.6) is 0 Å². The summed E-state index contributed by atoms with van der Waals surface area (Å²) < 4.78 is 51.9. The van der Waals surface area contributed by atoms with Crippen molar-refractivity contribution in [3.8, 4) is 0 Å². The largest absolute Gasteiger partial charge is 0.331 e. The van der Waals surface area contributed by atoms with Crippen LogP contribution in [0.4, 0.5) is 22.4 Å². The van der Waals surface area contributed by atoms with Gasteiger partial charge in [0.2, 0.25) is 0 Å².